The summed E-state index contributed by atoms with van der Waals surface area (Å²) in [6, 6.07) is 12.8. The Morgan fingerprint density at radius 2 is 1.71 bits per heavy atom. The number of hydrogen-bond acceptors (Lipinski definition) is 5. The summed E-state index contributed by atoms with van der Waals surface area (Å²) >= 11 is 0. The van der Waals surface area contributed by atoms with E-state index < -0.39 is 27.9 Å². The third kappa shape index (κ3) is 2.46. The Hall–Kier alpha value is -2.67. The highest BCUT2D eigenvalue weighted by atomic mass is 32.2. The van der Waals surface area contributed by atoms with Crippen molar-refractivity contribution in [3.63, 3.8) is 0 Å². The number of fused-ring (bicyclic) bond motifs is 1. The molecule has 0 unspecified atom stereocenters. The summed E-state index contributed by atoms with van der Waals surface area (Å²) in [6.45, 7) is 1.70. The molecule has 0 spiro atoms. The first-order valence-corrected chi connectivity index (χ1v) is 8.82. The smallest absolute Gasteiger partial charge is 0.334 e. The van der Waals surface area contributed by atoms with Gasteiger partial charge in [0.2, 0.25) is 0 Å². The molecule has 1 aliphatic heterocycles. The second-order valence-electron chi connectivity index (χ2n) is 5.17. The number of ether oxygens (including phenoxy) is 1. The van der Waals surface area contributed by atoms with E-state index in [9.17, 15) is 18.0 Å². The van der Waals surface area contributed by atoms with Crippen LogP contribution in [0.3, 0.4) is 0 Å². The van der Waals surface area contributed by atoms with E-state index in [2.05, 4.69) is 0 Å². The van der Waals surface area contributed by atoms with Crippen LogP contribution in [0.2, 0.25) is 0 Å². The number of rotatable bonds is 4. The highest BCUT2D eigenvalue weighted by Crippen LogP contribution is 2.37. The number of sulfonamides is 1. The van der Waals surface area contributed by atoms with Gasteiger partial charge in [0.15, 0.2) is 6.04 Å². The molecule has 24 heavy (non-hydrogen) atoms. The van der Waals surface area contributed by atoms with E-state index in [1.165, 1.54) is 18.2 Å². The van der Waals surface area contributed by atoms with Crippen molar-refractivity contribution in [1.82, 2.24) is 4.31 Å². The monoisotopic (exact) mass is 345 g/mol. The van der Waals surface area contributed by atoms with Crippen molar-refractivity contribution in [3.8, 4) is 0 Å². The number of amides is 1. The zero-order valence-corrected chi connectivity index (χ0v) is 13.7. The van der Waals surface area contributed by atoms with Crippen molar-refractivity contribution >= 4 is 21.9 Å². The fourth-order valence-corrected chi connectivity index (χ4v) is 4.38. The van der Waals surface area contributed by atoms with Gasteiger partial charge in [-0.25, -0.2) is 17.5 Å². The van der Waals surface area contributed by atoms with E-state index in [0.29, 0.717) is 9.87 Å². The van der Waals surface area contributed by atoms with Crippen molar-refractivity contribution in [2.45, 2.75) is 17.9 Å². The molecular formula is C17H15NO5S. The van der Waals surface area contributed by atoms with Crippen molar-refractivity contribution < 1.29 is 22.7 Å². The fourth-order valence-electron chi connectivity index (χ4n) is 2.68. The molecule has 2 aromatic carbocycles. The van der Waals surface area contributed by atoms with Crippen LogP contribution in [-0.2, 0) is 19.6 Å². The molecule has 124 valence electrons. The normalized spacial score (nSPS) is 16.5. The molecule has 3 rings (SSSR count). The van der Waals surface area contributed by atoms with Crippen molar-refractivity contribution in [2.24, 2.45) is 0 Å². The van der Waals surface area contributed by atoms with Gasteiger partial charge in [0.1, 0.15) is 4.90 Å². The number of carbonyl (C=O) groups is 2. The highest BCUT2D eigenvalue weighted by molar-refractivity contribution is 7.90. The van der Waals surface area contributed by atoms with E-state index in [4.69, 9.17) is 4.74 Å². The Balaban J connectivity index is 2.16. The highest BCUT2D eigenvalue weighted by Gasteiger charge is 2.48. The van der Waals surface area contributed by atoms with E-state index in [0.717, 1.165) is 0 Å². The number of nitrogens with zero attached hydrogens (tertiary/aromatic N) is 1. The first-order valence-electron chi connectivity index (χ1n) is 7.38. The molecule has 1 heterocycles. The quantitative estimate of drug-likeness (QED) is 0.793. The van der Waals surface area contributed by atoms with Crippen LogP contribution in [0.4, 0.5) is 0 Å². The largest absolute Gasteiger partial charge is 0.464 e. The van der Waals surface area contributed by atoms with Crippen molar-refractivity contribution in [1.29, 1.82) is 0 Å². The summed E-state index contributed by atoms with van der Waals surface area (Å²) in [5, 5.41) is 0. The van der Waals surface area contributed by atoms with Crippen LogP contribution >= 0.6 is 0 Å². The second kappa shape index (κ2) is 6.09. The molecule has 2 aromatic rings. The lowest BCUT2D eigenvalue weighted by Crippen LogP contribution is -2.39. The van der Waals surface area contributed by atoms with Gasteiger partial charge in [0, 0.05) is 0 Å². The zero-order chi connectivity index (χ0) is 17.3. The van der Waals surface area contributed by atoms with E-state index in [-0.39, 0.29) is 17.1 Å². The van der Waals surface area contributed by atoms with E-state index >= 15 is 0 Å². The average Bonchev–Trinajstić information content (AvgIpc) is 2.78. The molecule has 6 nitrogen and oxygen atoms in total. The maximum absolute atomic E-state index is 12.8. The lowest BCUT2D eigenvalue weighted by atomic mass is 10.1. The van der Waals surface area contributed by atoms with Crippen LogP contribution in [-0.4, -0.2) is 31.2 Å². The molecule has 1 aliphatic rings. The molecule has 0 fully saturated rings. The summed E-state index contributed by atoms with van der Waals surface area (Å²) in [7, 11) is -4.12. The Morgan fingerprint density at radius 1 is 1.08 bits per heavy atom. The van der Waals surface area contributed by atoms with Crippen molar-refractivity contribution in [2.75, 3.05) is 6.61 Å². The van der Waals surface area contributed by atoms with Gasteiger partial charge in [-0.2, -0.15) is 0 Å². The Labute approximate surface area is 139 Å². The predicted molar refractivity (Wildman–Crippen MR) is 85.6 cm³/mol. The van der Waals surface area contributed by atoms with Gasteiger partial charge >= 0.3 is 5.97 Å². The average molecular weight is 345 g/mol. The SMILES string of the molecule is CCOC(=O)[C@@H](c1ccccc1)N1C(=O)c2ccccc2S1(=O)=O. The van der Waals surface area contributed by atoms with Gasteiger partial charge in [-0.15, -0.1) is 0 Å². The minimum atomic E-state index is -4.12. The van der Waals surface area contributed by atoms with Gasteiger partial charge < -0.3 is 4.74 Å². The number of esters is 1. The van der Waals surface area contributed by atoms with Crippen LogP contribution in [0, 0.1) is 0 Å². The molecular weight excluding hydrogens is 330 g/mol. The molecule has 0 saturated carbocycles. The molecule has 7 heteroatoms. The molecule has 0 aromatic heterocycles. The lowest BCUT2D eigenvalue weighted by Gasteiger charge is -2.25. The Morgan fingerprint density at radius 3 is 2.33 bits per heavy atom. The summed E-state index contributed by atoms with van der Waals surface area (Å²) in [5.41, 5.74) is 0.434. The van der Waals surface area contributed by atoms with Gasteiger partial charge in [0.25, 0.3) is 15.9 Å². The maximum Gasteiger partial charge on any atom is 0.334 e. The lowest BCUT2D eigenvalue weighted by molar-refractivity contribution is -0.147. The maximum atomic E-state index is 12.8. The third-order valence-corrected chi connectivity index (χ3v) is 5.52. The minimum absolute atomic E-state index is 0.0581. The first-order chi connectivity index (χ1) is 11.5. The van der Waals surface area contributed by atoms with Gasteiger partial charge in [0.05, 0.1) is 12.2 Å². The second-order valence-corrected chi connectivity index (χ2v) is 6.95. The van der Waals surface area contributed by atoms with Crippen LogP contribution in [0.25, 0.3) is 0 Å². The van der Waals surface area contributed by atoms with Crippen LogP contribution in [0.5, 0.6) is 0 Å². The molecule has 0 radical (unpaired) electrons. The molecule has 0 N–H and O–H groups in total. The topological polar surface area (TPSA) is 80.8 Å². The van der Waals surface area contributed by atoms with E-state index in [1.807, 2.05) is 0 Å². The molecule has 1 atom stereocenters. The van der Waals surface area contributed by atoms with Crippen LogP contribution in [0.15, 0.2) is 59.5 Å². The molecule has 0 aliphatic carbocycles. The number of hydrogen-bond donors (Lipinski definition) is 0. The van der Waals surface area contributed by atoms with Gasteiger partial charge in [-0.05, 0) is 24.6 Å². The van der Waals surface area contributed by atoms with Crippen molar-refractivity contribution in [3.05, 3.63) is 65.7 Å². The van der Waals surface area contributed by atoms with E-state index in [1.54, 1.807) is 43.3 Å². The first kappa shape index (κ1) is 16.2. The van der Waals surface area contributed by atoms with Gasteiger partial charge in [-0.1, -0.05) is 42.5 Å². The molecule has 0 bridgehead atoms. The summed E-state index contributed by atoms with van der Waals surface area (Å²) in [6.07, 6.45) is 0. The predicted octanol–water partition coefficient (Wildman–Crippen LogP) is 2.14. The zero-order valence-electron chi connectivity index (χ0n) is 12.9. The Bertz CT molecular complexity index is 892. The molecule has 1 amide bonds. The molecule has 0 saturated heterocycles. The number of carbonyl (C=O) groups excluding carboxylic acids is 2. The third-order valence-electron chi connectivity index (χ3n) is 3.71. The standard InChI is InChI=1S/C17H15NO5S/c1-2-23-17(20)15(12-8-4-3-5-9-12)18-16(19)13-10-6-7-11-14(13)24(18,21)22/h3-11,15H,2H2,1H3/t15-/m1/s1. The summed E-state index contributed by atoms with van der Waals surface area (Å²) < 4.78 is 31.3. The van der Waals surface area contributed by atoms with Crippen LogP contribution < -0.4 is 0 Å². The summed E-state index contributed by atoms with van der Waals surface area (Å²) in [5.74, 6) is -1.51. The summed E-state index contributed by atoms with van der Waals surface area (Å²) in [4.78, 5) is 25.0. The van der Waals surface area contributed by atoms with Gasteiger partial charge in [-0.3, -0.25) is 4.79 Å². The van der Waals surface area contributed by atoms with Crippen LogP contribution in [0.1, 0.15) is 28.9 Å². The fraction of sp³-hybridized carbons (Fsp3) is 0.176. The minimum Gasteiger partial charge on any atom is -0.464 e. The Kier molecular flexibility index (Phi) is 4.11. The number of benzene rings is 2.